The quantitative estimate of drug-likeness (QED) is 0.771. The second kappa shape index (κ2) is 9.26. The Morgan fingerprint density at radius 3 is 2.82 bits per heavy atom. The third kappa shape index (κ3) is 5.69. The fraction of sp³-hybridized carbons (Fsp3) is 0.737. The molecule has 0 bridgehead atoms. The van der Waals surface area contributed by atoms with Crippen LogP contribution in [0.25, 0.3) is 0 Å². The summed E-state index contributed by atoms with van der Waals surface area (Å²) in [5.74, 6) is 0.741. The number of aromatic nitrogens is 1. The normalized spacial score (nSPS) is 19.0. The lowest BCUT2D eigenvalue weighted by Crippen LogP contribution is -2.36. The fourth-order valence-electron chi connectivity index (χ4n) is 3.57. The van der Waals surface area contributed by atoms with Gasteiger partial charge in [-0.3, -0.25) is 4.98 Å². The Labute approximate surface area is 135 Å². The molecule has 2 rings (SSSR count). The van der Waals surface area contributed by atoms with Crippen LogP contribution in [0.3, 0.4) is 0 Å². The van der Waals surface area contributed by atoms with Gasteiger partial charge in [-0.25, -0.2) is 0 Å². The Balaban J connectivity index is 1.68. The smallest absolute Gasteiger partial charge is 0.0691 e. The van der Waals surface area contributed by atoms with Crippen molar-refractivity contribution < 1.29 is 5.11 Å². The minimum absolute atomic E-state index is 0.0493. The van der Waals surface area contributed by atoms with E-state index < -0.39 is 0 Å². The number of aliphatic hydroxyl groups is 1. The number of nitrogens with zero attached hydrogens (tertiary/aromatic N) is 1. The van der Waals surface area contributed by atoms with Crippen molar-refractivity contribution in [3.63, 3.8) is 0 Å². The molecular formula is C19H32N2O. The van der Waals surface area contributed by atoms with Crippen molar-refractivity contribution in [1.29, 1.82) is 0 Å². The van der Waals surface area contributed by atoms with E-state index in [0.29, 0.717) is 0 Å². The maximum Gasteiger partial charge on any atom is 0.0691 e. The zero-order valence-electron chi connectivity index (χ0n) is 14.0. The van der Waals surface area contributed by atoms with E-state index in [-0.39, 0.29) is 12.1 Å². The van der Waals surface area contributed by atoms with Crippen molar-refractivity contribution in [2.24, 2.45) is 11.7 Å². The summed E-state index contributed by atoms with van der Waals surface area (Å²) in [6, 6.07) is 4.20. The maximum absolute atomic E-state index is 10.3. The van der Waals surface area contributed by atoms with Gasteiger partial charge < -0.3 is 10.8 Å². The first-order chi connectivity index (χ1) is 10.7. The molecule has 0 aromatic carbocycles. The van der Waals surface area contributed by atoms with E-state index in [9.17, 15) is 5.11 Å². The Hall–Kier alpha value is -0.930. The molecule has 0 saturated heterocycles. The summed E-state index contributed by atoms with van der Waals surface area (Å²) in [5.41, 5.74) is 8.68. The number of aliphatic hydroxyl groups excluding tert-OH is 1. The molecule has 1 heterocycles. The van der Waals surface area contributed by atoms with E-state index in [2.05, 4.69) is 24.0 Å². The van der Waals surface area contributed by atoms with Gasteiger partial charge >= 0.3 is 0 Å². The fourth-order valence-corrected chi connectivity index (χ4v) is 3.57. The molecule has 1 saturated carbocycles. The number of hydrogen-bond acceptors (Lipinski definition) is 3. The summed E-state index contributed by atoms with van der Waals surface area (Å²) in [6.45, 7) is 2.13. The van der Waals surface area contributed by atoms with Crippen LogP contribution in [0.1, 0.15) is 69.5 Å². The van der Waals surface area contributed by atoms with Crippen LogP contribution in [-0.2, 0) is 12.8 Å². The van der Waals surface area contributed by atoms with E-state index >= 15 is 0 Å². The summed E-state index contributed by atoms with van der Waals surface area (Å²) >= 11 is 0. The molecule has 2 atom stereocenters. The lowest BCUT2D eigenvalue weighted by molar-refractivity contribution is 0.116. The van der Waals surface area contributed by atoms with Crippen molar-refractivity contribution in [3.05, 3.63) is 29.6 Å². The summed E-state index contributed by atoms with van der Waals surface area (Å²) < 4.78 is 0. The van der Waals surface area contributed by atoms with Crippen LogP contribution in [0.5, 0.6) is 0 Å². The monoisotopic (exact) mass is 304 g/mol. The Morgan fingerprint density at radius 1 is 1.32 bits per heavy atom. The standard InChI is InChI=1S/C19H32N2O/c1-2-17-13-16(11-12-21-17)9-6-10-19(22)18(20)14-15-7-4-3-5-8-15/h11-13,15,18-19,22H,2-10,14,20H2,1H3. The molecule has 0 aliphatic heterocycles. The summed E-state index contributed by atoms with van der Waals surface area (Å²) in [5, 5.41) is 10.3. The first-order valence-electron chi connectivity index (χ1n) is 9.06. The molecule has 0 amide bonds. The van der Waals surface area contributed by atoms with Crippen LogP contribution in [0.15, 0.2) is 18.3 Å². The maximum atomic E-state index is 10.3. The second-order valence-corrected chi connectivity index (χ2v) is 6.87. The minimum atomic E-state index is -0.352. The molecule has 1 fully saturated rings. The third-order valence-corrected chi connectivity index (χ3v) is 5.03. The average molecular weight is 304 g/mol. The first-order valence-corrected chi connectivity index (χ1v) is 9.06. The van der Waals surface area contributed by atoms with E-state index in [4.69, 9.17) is 5.73 Å². The lowest BCUT2D eigenvalue weighted by atomic mass is 9.83. The van der Waals surface area contributed by atoms with Crippen molar-refractivity contribution in [2.45, 2.75) is 83.3 Å². The Kier molecular flexibility index (Phi) is 7.34. The van der Waals surface area contributed by atoms with Crippen LogP contribution in [0.4, 0.5) is 0 Å². The van der Waals surface area contributed by atoms with Gasteiger partial charge in [-0.2, -0.15) is 0 Å². The van der Waals surface area contributed by atoms with Crippen LogP contribution < -0.4 is 5.73 Å². The molecule has 1 aromatic heterocycles. The average Bonchev–Trinajstić information content (AvgIpc) is 2.56. The number of nitrogens with two attached hydrogens (primary N) is 1. The molecule has 1 aliphatic rings. The highest BCUT2D eigenvalue weighted by molar-refractivity contribution is 5.16. The summed E-state index contributed by atoms with van der Waals surface area (Å²) in [7, 11) is 0. The van der Waals surface area contributed by atoms with Gasteiger partial charge in [0.1, 0.15) is 0 Å². The van der Waals surface area contributed by atoms with Crippen LogP contribution in [0, 0.1) is 5.92 Å². The highest BCUT2D eigenvalue weighted by Gasteiger charge is 2.21. The van der Waals surface area contributed by atoms with Gasteiger partial charge in [0, 0.05) is 17.9 Å². The summed E-state index contributed by atoms with van der Waals surface area (Å²) in [4.78, 5) is 4.32. The van der Waals surface area contributed by atoms with Crippen LogP contribution >= 0.6 is 0 Å². The van der Waals surface area contributed by atoms with Crippen LogP contribution in [-0.4, -0.2) is 22.2 Å². The van der Waals surface area contributed by atoms with Crippen LogP contribution in [0.2, 0.25) is 0 Å². The molecular weight excluding hydrogens is 272 g/mol. The second-order valence-electron chi connectivity index (χ2n) is 6.87. The highest BCUT2D eigenvalue weighted by Crippen LogP contribution is 2.28. The lowest BCUT2D eigenvalue weighted by Gasteiger charge is -2.27. The number of hydrogen-bond donors (Lipinski definition) is 2. The summed E-state index contributed by atoms with van der Waals surface area (Å²) in [6.07, 6.45) is 13.0. The Bertz CT molecular complexity index is 429. The van der Waals surface area contributed by atoms with Gasteiger partial charge in [-0.15, -0.1) is 0 Å². The zero-order chi connectivity index (χ0) is 15.8. The van der Waals surface area contributed by atoms with Gasteiger partial charge in [0.2, 0.25) is 0 Å². The molecule has 3 heteroatoms. The molecule has 1 aliphatic carbocycles. The molecule has 0 spiro atoms. The van der Waals surface area contributed by atoms with Crippen molar-refractivity contribution >= 4 is 0 Å². The molecule has 2 unspecified atom stereocenters. The van der Waals surface area contributed by atoms with Crippen molar-refractivity contribution in [1.82, 2.24) is 4.98 Å². The van der Waals surface area contributed by atoms with E-state index in [1.54, 1.807) is 0 Å². The number of pyridine rings is 1. The minimum Gasteiger partial charge on any atom is -0.392 e. The van der Waals surface area contributed by atoms with Gasteiger partial charge in [0.05, 0.1) is 6.10 Å². The molecule has 3 nitrogen and oxygen atoms in total. The van der Waals surface area contributed by atoms with Gasteiger partial charge in [-0.05, 0) is 55.7 Å². The SMILES string of the molecule is CCc1cc(CCCC(O)C(N)CC2CCCCC2)ccn1. The molecule has 124 valence electrons. The highest BCUT2D eigenvalue weighted by atomic mass is 16.3. The molecule has 3 N–H and O–H groups in total. The van der Waals surface area contributed by atoms with Crippen molar-refractivity contribution in [2.75, 3.05) is 0 Å². The topological polar surface area (TPSA) is 59.1 Å². The van der Waals surface area contributed by atoms with E-state index in [1.165, 1.54) is 37.7 Å². The largest absolute Gasteiger partial charge is 0.392 e. The molecule has 22 heavy (non-hydrogen) atoms. The van der Waals surface area contributed by atoms with E-state index in [0.717, 1.165) is 43.7 Å². The van der Waals surface area contributed by atoms with Gasteiger partial charge in [0.15, 0.2) is 0 Å². The van der Waals surface area contributed by atoms with E-state index in [1.807, 2.05) is 6.20 Å². The van der Waals surface area contributed by atoms with Gasteiger partial charge in [0.25, 0.3) is 0 Å². The zero-order valence-corrected chi connectivity index (χ0v) is 14.0. The predicted octanol–water partition coefficient (Wildman–Crippen LogP) is 3.63. The number of aryl methyl sites for hydroxylation is 2. The predicted molar refractivity (Wildman–Crippen MR) is 91.7 cm³/mol. The number of rotatable bonds is 8. The molecule has 0 radical (unpaired) electrons. The van der Waals surface area contributed by atoms with Crippen molar-refractivity contribution in [3.8, 4) is 0 Å². The van der Waals surface area contributed by atoms with Gasteiger partial charge in [-0.1, -0.05) is 39.0 Å². The first kappa shape index (κ1) is 17.4. The third-order valence-electron chi connectivity index (χ3n) is 5.03. The molecule has 1 aromatic rings. The Morgan fingerprint density at radius 2 is 2.09 bits per heavy atom.